The highest BCUT2D eigenvalue weighted by Gasteiger charge is 1.87. The summed E-state index contributed by atoms with van der Waals surface area (Å²) < 4.78 is 0. The van der Waals surface area contributed by atoms with Crippen molar-refractivity contribution in [2.24, 2.45) is 0 Å². The summed E-state index contributed by atoms with van der Waals surface area (Å²) in [4.78, 5) is 3.85. The van der Waals surface area contributed by atoms with E-state index in [1.165, 1.54) is 0 Å². The lowest BCUT2D eigenvalue weighted by atomic mass is 10.3. The number of hydrogen-bond donors (Lipinski definition) is 0. The number of hydrogen-bond acceptors (Lipinski definition) is 1. The average Bonchev–Trinajstić information content (AvgIpc) is 2.04. The molecule has 0 spiro atoms. The van der Waals surface area contributed by atoms with Gasteiger partial charge < -0.3 is 0 Å². The molecule has 0 N–H and O–H groups in total. The first-order valence-corrected chi connectivity index (χ1v) is 3.90. The minimum Gasteiger partial charge on any atom is -0.243 e. The van der Waals surface area contributed by atoms with Crippen molar-refractivity contribution in [3.63, 3.8) is 0 Å². The normalized spacial score (nSPS) is 8.55. The fourth-order valence-electron chi connectivity index (χ4n) is 0.585. The molecule has 0 aliphatic rings. The van der Waals surface area contributed by atoms with Gasteiger partial charge in [-0.3, -0.25) is 0 Å². The smallest absolute Gasteiger partial charge is 0.129 e. The van der Waals surface area contributed by atoms with Gasteiger partial charge in [0.25, 0.3) is 0 Å². The Kier molecular flexibility index (Phi) is 3.22. The van der Waals surface area contributed by atoms with Gasteiger partial charge in [0.05, 0.1) is 5.88 Å². The quantitative estimate of drug-likeness (QED) is 0.344. The Labute approximate surface area is 75.4 Å². The summed E-state index contributed by atoms with van der Waals surface area (Å²) in [6, 6.07) is 3.49. The van der Waals surface area contributed by atoms with Crippen LogP contribution in [0, 0.1) is 11.8 Å². The summed E-state index contributed by atoms with van der Waals surface area (Å²) in [5.74, 6) is 5.87. The maximum Gasteiger partial charge on any atom is 0.129 e. The van der Waals surface area contributed by atoms with Gasteiger partial charge in [-0.15, -0.1) is 11.6 Å². The Morgan fingerprint density at radius 2 is 2.27 bits per heavy atom. The summed E-state index contributed by atoms with van der Waals surface area (Å²) in [7, 11) is 0. The third kappa shape index (κ3) is 2.80. The molecule has 3 heteroatoms. The van der Waals surface area contributed by atoms with E-state index in [0.29, 0.717) is 11.0 Å². The Balaban J connectivity index is 2.82. The zero-order valence-corrected chi connectivity index (χ0v) is 7.15. The van der Waals surface area contributed by atoms with Crippen molar-refractivity contribution in [2.45, 2.75) is 0 Å². The molecule has 1 heterocycles. The van der Waals surface area contributed by atoms with Crippen LogP contribution in [0.25, 0.3) is 0 Å². The van der Waals surface area contributed by atoms with Gasteiger partial charge in [0.2, 0.25) is 0 Å². The van der Waals surface area contributed by atoms with Gasteiger partial charge in [-0.2, -0.15) is 0 Å². The molecule has 56 valence electrons. The molecule has 0 aliphatic carbocycles. The van der Waals surface area contributed by atoms with Crippen molar-refractivity contribution in [1.82, 2.24) is 4.98 Å². The molecule has 1 aromatic rings. The molecule has 0 radical (unpaired) electrons. The van der Waals surface area contributed by atoms with Gasteiger partial charge >= 0.3 is 0 Å². The first-order valence-electron chi connectivity index (χ1n) is 2.99. The number of alkyl halides is 1. The van der Waals surface area contributed by atoms with Crippen LogP contribution >= 0.6 is 23.2 Å². The number of rotatable bonds is 0. The van der Waals surface area contributed by atoms with E-state index in [-0.39, 0.29) is 0 Å². The second kappa shape index (κ2) is 4.23. The van der Waals surface area contributed by atoms with Gasteiger partial charge in [0, 0.05) is 11.8 Å². The molecule has 0 amide bonds. The SMILES string of the molecule is ClCC#Cc1ccc(Cl)nc1. The minimum atomic E-state index is 0.336. The molecule has 0 fully saturated rings. The van der Waals surface area contributed by atoms with Crippen LogP contribution in [0.15, 0.2) is 18.3 Å². The molecule has 0 unspecified atom stereocenters. The van der Waals surface area contributed by atoms with Crippen LogP contribution in [0.5, 0.6) is 0 Å². The third-order valence-electron chi connectivity index (χ3n) is 1.03. The summed E-state index contributed by atoms with van der Waals surface area (Å²) in [6.07, 6.45) is 1.61. The minimum absolute atomic E-state index is 0.336. The molecule has 0 aliphatic heterocycles. The standard InChI is InChI=1S/C8H5Cl2N/c9-5-1-2-7-3-4-8(10)11-6-7/h3-4,6H,5H2. The molecule has 0 saturated carbocycles. The molecule has 11 heavy (non-hydrogen) atoms. The van der Waals surface area contributed by atoms with E-state index in [4.69, 9.17) is 23.2 Å². The van der Waals surface area contributed by atoms with E-state index in [9.17, 15) is 0 Å². The number of aromatic nitrogens is 1. The highest BCUT2D eigenvalue weighted by molar-refractivity contribution is 6.29. The van der Waals surface area contributed by atoms with E-state index in [2.05, 4.69) is 16.8 Å². The maximum absolute atomic E-state index is 5.56. The third-order valence-corrected chi connectivity index (χ3v) is 1.38. The van der Waals surface area contributed by atoms with E-state index in [1.54, 1.807) is 18.3 Å². The van der Waals surface area contributed by atoms with Crippen LogP contribution in [0.3, 0.4) is 0 Å². The van der Waals surface area contributed by atoms with Crippen molar-refractivity contribution in [3.8, 4) is 11.8 Å². The highest BCUT2D eigenvalue weighted by atomic mass is 35.5. The second-order valence-corrected chi connectivity index (χ2v) is 2.46. The van der Waals surface area contributed by atoms with Gasteiger partial charge in [0.15, 0.2) is 0 Å². The van der Waals surface area contributed by atoms with Gasteiger partial charge in [-0.25, -0.2) is 4.98 Å². The second-order valence-electron chi connectivity index (χ2n) is 1.81. The molecular weight excluding hydrogens is 181 g/mol. The maximum atomic E-state index is 5.56. The predicted octanol–water partition coefficient (Wildman–Crippen LogP) is 2.33. The lowest BCUT2D eigenvalue weighted by Crippen LogP contribution is -1.77. The Morgan fingerprint density at radius 3 is 2.82 bits per heavy atom. The zero-order chi connectivity index (χ0) is 8.10. The van der Waals surface area contributed by atoms with Crippen molar-refractivity contribution in [3.05, 3.63) is 29.0 Å². The zero-order valence-electron chi connectivity index (χ0n) is 5.64. The predicted molar refractivity (Wildman–Crippen MR) is 46.8 cm³/mol. The molecule has 0 bridgehead atoms. The molecule has 1 nitrogen and oxygen atoms in total. The van der Waals surface area contributed by atoms with Gasteiger partial charge in [0.1, 0.15) is 5.15 Å². The van der Waals surface area contributed by atoms with E-state index in [0.717, 1.165) is 5.56 Å². The molecule has 0 saturated heterocycles. The van der Waals surface area contributed by atoms with Crippen LogP contribution in [0.4, 0.5) is 0 Å². The van der Waals surface area contributed by atoms with E-state index < -0.39 is 0 Å². The lowest BCUT2D eigenvalue weighted by molar-refractivity contribution is 1.31. The molecule has 1 rings (SSSR count). The van der Waals surface area contributed by atoms with Crippen LogP contribution in [0.2, 0.25) is 5.15 Å². The summed E-state index contributed by atoms with van der Waals surface area (Å²) >= 11 is 10.9. The number of nitrogens with zero attached hydrogens (tertiary/aromatic N) is 1. The summed E-state index contributed by atoms with van der Waals surface area (Å²) in [5.41, 5.74) is 0.829. The van der Waals surface area contributed by atoms with Crippen molar-refractivity contribution in [1.29, 1.82) is 0 Å². The van der Waals surface area contributed by atoms with Crippen LogP contribution in [-0.4, -0.2) is 10.9 Å². The topological polar surface area (TPSA) is 12.9 Å². The fourth-order valence-corrected chi connectivity index (χ4v) is 0.764. The van der Waals surface area contributed by atoms with Crippen molar-refractivity contribution in [2.75, 3.05) is 5.88 Å². The lowest BCUT2D eigenvalue weighted by Gasteiger charge is -1.88. The van der Waals surface area contributed by atoms with Gasteiger partial charge in [-0.1, -0.05) is 23.4 Å². The Bertz CT molecular complexity index is 281. The number of pyridine rings is 1. The van der Waals surface area contributed by atoms with E-state index >= 15 is 0 Å². The monoisotopic (exact) mass is 185 g/mol. The van der Waals surface area contributed by atoms with Crippen molar-refractivity contribution >= 4 is 23.2 Å². The summed E-state index contributed by atoms with van der Waals surface area (Å²) in [5, 5.41) is 0.474. The molecular formula is C8H5Cl2N. The van der Waals surface area contributed by atoms with Gasteiger partial charge in [-0.05, 0) is 12.1 Å². The van der Waals surface area contributed by atoms with Crippen LogP contribution in [-0.2, 0) is 0 Å². The largest absolute Gasteiger partial charge is 0.243 e. The van der Waals surface area contributed by atoms with Crippen LogP contribution in [0.1, 0.15) is 5.56 Å². The first-order chi connectivity index (χ1) is 5.33. The Hall–Kier alpha value is -0.710. The number of halogens is 2. The van der Waals surface area contributed by atoms with Crippen LogP contribution < -0.4 is 0 Å². The van der Waals surface area contributed by atoms with E-state index in [1.807, 2.05) is 0 Å². The van der Waals surface area contributed by atoms with Crippen molar-refractivity contribution < 1.29 is 0 Å². The average molecular weight is 186 g/mol. The highest BCUT2D eigenvalue weighted by Crippen LogP contribution is 2.03. The molecule has 0 atom stereocenters. The summed E-state index contributed by atoms with van der Waals surface area (Å²) in [6.45, 7) is 0. The fraction of sp³-hybridized carbons (Fsp3) is 0.125. The first kappa shape index (κ1) is 8.39. The molecule has 0 aromatic carbocycles. The molecule has 1 aromatic heterocycles. The Morgan fingerprint density at radius 1 is 1.45 bits per heavy atom.